The lowest BCUT2D eigenvalue weighted by molar-refractivity contribution is -0.359. The van der Waals surface area contributed by atoms with Crippen LogP contribution in [-0.2, 0) is 19.1 Å². The Morgan fingerprint density at radius 2 is 1.50 bits per heavy atom. The van der Waals surface area contributed by atoms with Crippen LogP contribution >= 0.6 is 0 Å². The largest absolute Gasteiger partial charge is 0.462 e. The predicted octanol–water partition coefficient (Wildman–Crippen LogP) is 5.12. The van der Waals surface area contributed by atoms with Crippen LogP contribution in [0, 0.1) is 22.7 Å². The monoisotopic (exact) mass is 442 g/mol. The molecule has 0 saturated heterocycles. The summed E-state index contributed by atoms with van der Waals surface area (Å²) in [6, 6.07) is 0. The fraction of sp³-hybridized carbons (Fsp3) is 0.800. The second kappa shape index (κ2) is 6.88. The van der Waals surface area contributed by atoms with E-state index in [-0.39, 0.29) is 5.41 Å². The minimum atomic E-state index is -6.26. The third-order valence-corrected chi connectivity index (χ3v) is 6.66. The van der Waals surface area contributed by atoms with Crippen molar-refractivity contribution in [1.82, 2.24) is 0 Å². The van der Waals surface area contributed by atoms with E-state index in [0.29, 0.717) is 31.1 Å². The van der Waals surface area contributed by atoms with Crippen molar-refractivity contribution in [2.24, 2.45) is 22.7 Å². The first kappa shape index (κ1) is 22.9. The lowest BCUT2D eigenvalue weighted by Gasteiger charge is -2.61. The highest BCUT2D eigenvalue weighted by Gasteiger charge is 2.81. The number of alkyl halides is 6. The second-order valence-electron chi connectivity index (χ2n) is 9.69. The first-order chi connectivity index (χ1) is 13.5. The van der Waals surface area contributed by atoms with Crippen LogP contribution in [0.5, 0.6) is 0 Å². The summed E-state index contributed by atoms with van der Waals surface area (Å²) in [4.78, 5) is 23.9. The number of esters is 2. The molecule has 0 aromatic heterocycles. The molecule has 4 saturated carbocycles. The summed E-state index contributed by atoms with van der Waals surface area (Å²) in [5.41, 5.74) is -6.80. The molecule has 0 aliphatic heterocycles. The van der Waals surface area contributed by atoms with Crippen LogP contribution in [0.3, 0.4) is 0 Å². The van der Waals surface area contributed by atoms with E-state index < -0.39 is 47.5 Å². The van der Waals surface area contributed by atoms with Gasteiger partial charge in [0.05, 0.1) is 6.61 Å². The molecule has 4 nitrogen and oxygen atoms in total. The van der Waals surface area contributed by atoms with Crippen LogP contribution < -0.4 is 0 Å². The zero-order valence-corrected chi connectivity index (χ0v) is 16.7. The minimum Gasteiger partial charge on any atom is -0.462 e. The number of halogens is 6. The van der Waals surface area contributed by atoms with Crippen molar-refractivity contribution < 1.29 is 45.4 Å². The van der Waals surface area contributed by atoms with Crippen LogP contribution in [0.4, 0.5) is 26.3 Å². The third kappa shape index (κ3) is 3.70. The van der Waals surface area contributed by atoms with E-state index >= 15 is 0 Å². The maximum absolute atomic E-state index is 13.6. The number of hydrogen-bond donors (Lipinski definition) is 0. The van der Waals surface area contributed by atoms with Gasteiger partial charge in [-0.2, -0.15) is 26.3 Å². The highest BCUT2D eigenvalue weighted by atomic mass is 19.4. The molecule has 4 rings (SSSR count). The van der Waals surface area contributed by atoms with Crippen LogP contribution in [0.15, 0.2) is 12.2 Å². The second-order valence-corrected chi connectivity index (χ2v) is 9.69. The number of rotatable bonds is 5. The van der Waals surface area contributed by atoms with Gasteiger partial charge in [-0.1, -0.05) is 13.5 Å². The molecule has 0 amide bonds. The van der Waals surface area contributed by atoms with Gasteiger partial charge >= 0.3 is 29.9 Å². The zero-order chi connectivity index (χ0) is 22.8. The molecule has 4 fully saturated rings. The smallest absolute Gasteiger partial charge is 0.449 e. The molecule has 0 radical (unpaired) electrons. The van der Waals surface area contributed by atoms with Crippen molar-refractivity contribution in [3.8, 4) is 0 Å². The van der Waals surface area contributed by atoms with Gasteiger partial charge in [0.25, 0.3) is 0 Å². The maximum Gasteiger partial charge on any atom is 0.449 e. The number of carbonyl (C=O) groups excluding carboxylic acids is 2. The lowest BCUT2D eigenvalue weighted by atomic mass is 9.45. The Morgan fingerprint density at radius 3 is 1.90 bits per heavy atom. The van der Waals surface area contributed by atoms with Gasteiger partial charge in [-0.3, -0.25) is 0 Å². The molecule has 30 heavy (non-hydrogen) atoms. The Bertz CT molecular complexity index is 725. The van der Waals surface area contributed by atoms with Crippen LogP contribution in [0.2, 0.25) is 0 Å². The Balaban J connectivity index is 1.87. The molecule has 0 N–H and O–H groups in total. The van der Waals surface area contributed by atoms with E-state index in [1.165, 1.54) is 0 Å². The summed E-state index contributed by atoms with van der Waals surface area (Å²) < 4.78 is 89.8. The molecule has 170 valence electrons. The lowest BCUT2D eigenvalue weighted by Crippen LogP contribution is -2.66. The number of ether oxygens (including phenoxy) is 2. The van der Waals surface area contributed by atoms with Crippen molar-refractivity contribution in [1.29, 1.82) is 0 Å². The minimum absolute atomic E-state index is 0.0476. The van der Waals surface area contributed by atoms with Crippen molar-refractivity contribution in [3.63, 3.8) is 0 Å². The van der Waals surface area contributed by atoms with Crippen LogP contribution in [0.1, 0.15) is 52.4 Å². The van der Waals surface area contributed by atoms with E-state index in [1.54, 1.807) is 0 Å². The molecule has 0 spiro atoms. The summed E-state index contributed by atoms with van der Waals surface area (Å²) in [5.74, 6) is -4.00. The first-order valence-corrected chi connectivity index (χ1v) is 9.72. The summed E-state index contributed by atoms with van der Waals surface area (Å²) in [7, 11) is 0. The van der Waals surface area contributed by atoms with Crippen molar-refractivity contribution >= 4 is 11.9 Å². The van der Waals surface area contributed by atoms with E-state index in [2.05, 4.69) is 23.0 Å². The summed E-state index contributed by atoms with van der Waals surface area (Å²) in [5, 5.41) is 0. The van der Waals surface area contributed by atoms with E-state index in [1.807, 2.05) is 0 Å². The molecular formula is C20H24F6O4. The van der Waals surface area contributed by atoms with E-state index in [9.17, 15) is 35.9 Å². The molecular weight excluding hydrogens is 418 g/mol. The van der Waals surface area contributed by atoms with E-state index in [4.69, 9.17) is 0 Å². The number of hydrogen-bond acceptors (Lipinski definition) is 4. The van der Waals surface area contributed by atoms with Crippen molar-refractivity contribution in [2.45, 2.75) is 70.3 Å². The summed E-state index contributed by atoms with van der Waals surface area (Å²) in [6.45, 7) is 5.36. The average molecular weight is 442 g/mol. The molecule has 4 aliphatic rings. The van der Waals surface area contributed by atoms with Crippen molar-refractivity contribution in [2.75, 3.05) is 6.61 Å². The van der Waals surface area contributed by atoms with E-state index in [0.717, 1.165) is 26.2 Å². The number of carbonyl (C=O) groups is 2. The van der Waals surface area contributed by atoms with Gasteiger partial charge < -0.3 is 9.47 Å². The van der Waals surface area contributed by atoms with Gasteiger partial charge in [0, 0.05) is 11.0 Å². The molecule has 10 heteroatoms. The highest BCUT2D eigenvalue weighted by molar-refractivity contribution is 5.92. The zero-order valence-electron chi connectivity index (χ0n) is 16.7. The fourth-order valence-electron chi connectivity index (χ4n) is 6.19. The summed E-state index contributed by atoms with van der Waals surface area (Å²) in [6.07, 6.45) is -7.84. The fourth-order valence-corrected chi connectivity index (χ4v) is 6.19. The van der Waals surface area contributed by atoms with Gasteiger partial charge in [-0.25, -0.2) is 9.59 Å². The molecule has 2 atom stereocenters. The first-order valence-electron chi connectivity index (χ1n) is 9.72. The van der Waals surface area contributed by atoms with Gasteiger partial charge in [-0.15, -0.1) is 0 Å². The molecule has 0 aromatic rings. The molecule has 4 bridgehead atoms. The van der Waals surface area contributed by atoms with Gasteiger partial charge in [0.15, 0.2) is 0 Å². The highest BCUT2D eigenvalue weighted by Crippen LogP contribution is 2.65. The standard InChI is InChI=1S/C20H24F6O4/c1-11(2)14(27)30-18(19(21,22)23,20(24,25)26)15(28)29-10-17-7-12-4-13(8-17)6-16(3,5-12)9-17/h12-13H,1,4-10H2,2-3H3. The quantitative estimate of drug-likeness (QED) is 0.337. The summed E-state index contributed by atoms with van der Waals surface area (Å²) >= 11 is 0. The molecule has 4 aliphatic carbocycles. The predicted molar refractivity (Wildman–Crippen MR) is 91.9 cm³/mol. The van der Waals surface area contributed by atoms with Crippen LogP contribution in [-0.4, -0.2) is 36.5 Å². The Labute approximate surface area is 170 Å². The van der Waals surface area contributed by atoms with Crippen LogP contribution in [0.25, 0.3) is 0 Å². The normalized spacial score (nSPS) is 33.3. The van der Waals surface area contributed by atoms with Gasteiger partial charge in [0.2, 0.25) is 0 Å². The molecule has 2 unspecified atom stereocenters. The SMILES string of the molecule is C=C(C)C(=O)OC(C(=O)OCC12CC3CC(CC(C)(C3)C1)C2)(C(F)(F)F)C(F)(F)F. The van der Waals surface area contributed by atoms with Crippen molar-refractivity contribution in [3.05, 3.63) is 12.2 Å². The Hall–Kier alpha value is -1.74. The third-order valence-electron chi connectivity index (χ3n) is 6.66. The van der Waals surface area contributed by atoms with Gasteiger partial charge in [-0.05, 0) is 62.7 Å². The average Bonchev–Trinajstić information content (AvgIpc) is 2.52. The Morgan fingerprint density at radius 1 is 1.00 bits per heavy atom. The van der Waals surface area contributed by atoms with Gasteiger partial charge in [0.1, 0.15) is 0 Å². The molecule has 0 heterocycles. The topological polar surface area (TPSA) is 52.6 Å². The Kier molecular flexibility index (Phi) is 5.26. The molecule has 0 aromatic carbocycles. The maximum atomic E-state index is 13.6.